The highest BCUT2D eigenvalue weighted by molar-refractivity contribution is 7.90. The molecule has 1 aromatic heterocycles. The Balaban J connectivity index is 2.06. The van der Waals surface area contributed by atoms with E-state index in [0.717, 1.165) is 17.5 Å². The van der Waals surface area contributed by atoms with Crippen molar-refractivity contribution in [1.82, 2.24) is 9.88 Å². The predicted molar refractivity (Wildman–Crippen MR) is 119 cm³/mol. The minimum Gasteiger partial charge on any atom is -0.309 e. The Morgan fingerprint density at radius 3 is 2.48 bits per heavy atom. The molecule has 3 rings (SSSR count). The predicted octanol–water partition coefficient (Wildman–Crippen LogP) is 3.95. The zero-order valence-corrected chi connectivity index (χ0v) is 18.8. The lowest BCUT2D eigenvalue weighted by Gasteiger charge is -2.22. The van der Waals surface area contributed by atoms with Gasteiger partial charge in [0.15, 0.2) is 15.0 Å². The Morgan fingerprint density at radius 2 is 1.83 bits per heavy atom. The van der Waals surface area contributed by atoms with Gasteiger partial charge in [0.25, 0.3) is 5.91 Å². The molecule has 0 aliphatic heterocycles. The highest BCUT2D eigenvalue weighted by atomic mass is 35.5. The first-order chi connectivity index (χ1) is 13.7. The van der Waals surface area contributed by atoms with Gasteiger partial charge < -0.3 is 4.90 Å². The van der Waals surface area contributed by atoms with E-state index in [-0.39, 0.29) is 16.4 Å². The molecular weight excluding hydrogens is 430 g/mol. The van der Waals surface area contributed by atoms with Gasteiger partial charge in [-0.25, -0.2) is 13.4 Å². The van der Waals surface area contributed by atoms with Gasteiger partial charge in [-0.1, -0.05) is 41.1 Å². The topological polar surface area (TPSA) is 70.6 Å². The van der Waals surface area contributed by atoms with Crippen molar-refractivity contribution in [2.45, 2.75) is 11.3 Å². The number of fused-ring (bicyclic) bond motifs is 1. The number of rotatable bonds is 7. The van der Waals surface area contributed by atoms with E-state index < -0.39 is 9.84 Å². The number of thiazole rings is 1. The van der Waals surface area contributed by atoms with Crippen LogP contribution in [0.1, 0.15) is 16.8 Å². The van der Waals surface area contributed by atoms with Crippen molar-refractivity contribution < 1.29 is 13.2 Å². The maximum atomic E-state index is 13.4. The molecule has 0 saturated carbocycles. The van der Waals surface area contributed by atoms with E-state index in [1.54, 1.807) is 23.1 Å². The van der Waals surface area contributed by atoms with Crippen molar-refractivity contribution in [1.29, 1.82) is 0 Å². The van der Waals surface area contributed by atoms with Crippen LogP contribution in [0, 0.1) is 0 Å². The summed E-state index contributed by atoms with van der Waals surface area (Å²) in [6.07, 6.45) is 1.82. The number of hydrogen-bond donors (Lipinski definition) is 0. The molecule has 9 heteroatoms. The first kappa shape index (κ1) is 21.7. The fraction of sp³-hybridized carbons (Fsp3) is 0.300. The number of benzene rings is 2. The van der Waals surface area contributed by atoms with E-state index >= 15 is 0 Å². The molecule has 29 heavy (non-hydrogen) atoms. The Kier molecular flexibility index (Phi) is 6.58. The summed E-state index contributed by atoms with van der Waals surface area (Å²) in [7, 11) is 0.368. The van der Waals surface area contributed by atoms with Crippen molar-refractivity contribution in [3.8, 4) is 0 Å². The third kappa shape index (κ3) is 4.95. The normalized spacial score (nSPS) is 11.9. The molecule has 1 amide bonds. The van der Waals surface area contributed by atoms with Crippen LogP contribution >= 0.6 is 22.9 Å². The van der Waals surface area contributed by atoms with Gasteiger partial charge >= 0.3 is 0 Å². The summed E-state index contributed by atoms with van der Waals surface area (Å²) >= 11 is 7.62. The number of nitrogens with zero attached hydrogens (tertiary/aromatic N) is 3. The van der Waals surface area contributed by atoms with Gasteiger partial charge in [-0.05, 0) is 51.3 Å². The van der Waals surface area contributed by atoms with Crippen molar-refractivity contribution in [2.24, 2.45) is 0 Å². The highest BCUT2D eigenvalue weighted by Gasteiger charge is 2.26. The minimum atomic E-state index is -3.55. The van der Waals surface area contributed by atoms with E-state index in [1.807, 2.05) is 31.1 Å². The first-order valence-corrected chi connectivity index (χ1v) is 12.1. The molecular formula is C20H22ClN3O3S2. The number of anilines is 1. The monoisotopic (exact) mass is 451 g/mol. The smallest absolute Gasteiger partial charge is 0.261 e. The van der Waals surface area contributed by atoms with Gasteiger partial charge in [0.1, 0.15) is 5.52 Å². The van der Waals surface area contributed by atoms with Gasteiger partial charge in [-0.15, -0.1) is 0 Å². The fourth-order valence-corrected chi connectivity index (χ4v) is 5.13. The molecule has 0 fully saturated rings. The molecule has 0 saturated heterocycles. The number of aromatic nitrogens is 1. The molecule has 2 aromatic carbocycles. The van der Waals surface area contributed by atoms with Crippen LogP contribution in [0.15, 0.2) is 47.4 Å². The number of hydrogen-bond acceptors (Lipinski definition) is 6. The van der Waals surface area contributed by atoms with E-state index in [4.69, 9.17) is 11.6 Å². The van der Waals surface area contributed by atoms with Crippen LogP contribution < -0.4 is 4.90 Å². The number of amides is 1. The van der Waals surface area contributed by atoms with Gasteiger partial charge in [-0.2, -0.15) is 0 Å². The third-order valence-corrected chi connectivity index (χ3v) is 6.84. The summed E-state index contributed by atoms with van der Waals surface area (Å²) in [5, 5.41) is 1.02. The second-order valence-corrected chi connectivity index (χ2v) is 10.4. The van der Waals surface area contributed by atoms with Crippen LogP contribution in [0.25, 0.3) is 10.2 Å². The second kappa shape index (κ2) is 8.79. The van der Waals surface area contributed by atoms with Crippen molar-refractivity contribution in [2.75, 3.05) is 38.3 Å². The molecule has 0 spiro atoms. The summed E-state index contributed by atoms with van der Waals surface area (Å²) < 4.78 is 25.3. The van der Waals surface area contributed by atoms with Crippen LogP contribution in [0.5, 0.6) is 0 Å². The molecule has 0 atom stereocenters. The number of halogens is 1. The number of carbonyl (C=O) groups is 1. The average Bonchev–Trinajstić information content (AvgIpc) is 3.09. The lowest BCUT2D eigenvalue weighted by Crippen LogP contribution is -2.34. The standard InChI is InChI=1S/C20H22ClN3O3S2/c1-23(2)12-7-13-24(20-22-18-15(21)9-6-10-16(18)28-20)19(25)14-8-4-5-11-17(14)29(3,26)27/h4-6,8-11H,7,12-13H2,1-3H3. The van der Waals surface area contributed by atoms with E-state index in [9.17, 15) is 13.2 Å². The summed E-state index contributed by atoms with van der Waals surface area (Å²) in [5.74, 6) is -0.389. The molecule has 1 heterocycles. The molecule has 6 nitrogen and oxygen atoms in total. The summed E-state index contributed by atoms with van der Waals surface area (Å²) in [6.45, 7) is 1.19. The fourth-order valence-electron chi connectivity index (χ4n) is 2.96. The molecule has 0 N–H and O–H groups in total. The molecule has 0 aliphatic rings. The van der Waals surface area contributed by atoms with Crippen LogP contribution in [-0.2, 0) is 9.84 Å². The van der Waals surface area contributed by atoms with Gasteiger partial charge in [0.05, 0.1) is 20.2 Å². The van der Waals surface area contributed by atoms with Crippen LogP contribution in [0.2, 0.25) is 5.02 Å². The van der Waals surface area contributed by atoms with Crippen LogP contribution in [0.4, 0.5) is 5.13 Å². The highest BCUT2D eigenvalue weighted by Crippen LogP contribution is 2.34. The van der Waals surface area contributed by atoms with Gasteiger partial charge in [0, 0.05) is 12.8 Å². The van der Waals surface area contributed by atoms with Crippen molar-refractivity contribution in [3.63, 3.8) is 0 Å². The minimum absolute atomic E-state index is 0.0155. The van der Waals surface area contributed by atoms with E-state index in [2.05, 4.69) is 4.98 Å². The maximum Gasteiger partial charge on any atom is 0.261 e. The molecule has 0 bridgehead atoms. The second-order valence-electron chi connectivity index (χ2n) is 6.96. The largest absolute Gasteiger partial charge is 0.309 e. The van der Waals surface area contributed by atoms with E-state index in [1.165, 1.54) is 23.5 Å². The SMILES string of the molecule is CN(C)CCCN(C(=O)c1ccccc1S(C)(=O)=O)c1nc2c(Cl)cccc2s1. The lowest BCUT2D eigenvalue weighted by molar-refractivity contribution is 0.0983. The Labute approximate surface area is 179 Å². The average molecular weight is 452 g/mol. The Bertz CT molecular complexity index is 1140. The summed E-state index contributed by atoms with van der Waals surface area (Å²) in [6, 6.07) is 11.8. The molecule has 154 valence electrons. The summed E-state index contributed by atoms with van der Waals surface area (Å²) in [4.78, 5) is 21.6. The number of carbonyl (C=O) groups excluding carboxylic acids is 1. The van der Waals surface area contributed by atoms with Gasteiger partial charge in [-0.3, -0.25) is 9.69 Å². The molecule has 3 aromatic rings. The van der Waals surface area contributed by atoms with Gasteiger partial charge in [0.2, 0.25) is 0 Å². The van der Waals surface area contributed by atoms with E-state index in [0.29, 0.717) is 28.6 Å². The zero-order chi connectivity index (χ0) is 21.2. The van der Waals surface area contributed by atoms with Crippen LogP contribution in [-0.4, -0.2) is 57.6 Å². The van der Waals surface area contributed by atoms with Crippen LogP contribution in [0.3, 0.4) is 0 Å². The zero-order valence-electron chi connectivity index (χ0n) is 16.4. The first-order valence-electron chi connectivity index (χ1n) is 8.99. The van der Waals surface area contributed by atoms with Crippen molar-refractivity contribution >= 4 is 54.0 Å². The number of sulfone groups is 1. The third-order valence-electron chi connectivity index (χ3n) is 4.34. The molecule has 0 unspecified atom stereocenters. The molecule has 0 radical (unpaired) electrons. The summed E-state index contributed by atoms with van der Waals surface area (Å²) in [5.41, 5.74) is 0.779. The van der Waals surface area contributed by atoms with Crippen molar-refractivity contribution in [3.05, 3.63) is 53.1 Å². The lowest BCUT2D eigenvalue weighted by atomic mass is 10.2. The Morgan fingerprint density at radius 1 is 1.10 bits per heavy atom. The molecule has 0 aliphatic carbocycles. The number of para-hydroxylation sites is 1. The Hall–Kier alpha value is -2.00. The quantitative estimate of drug-likeness (QED) is 0.544. The maximum absolute atomic E-state index is 13.4.